The highest BCUT2D eigenvalue weighted by molar-refractivity contribution is 6.03. The standard InChI is InChI=1S/C21H24N2O3/c1-3-15-6-5-7-18(12-15)23-14-16(13-20(23)24)21(25)22-17-8-10-19(11-9-17)26-4-2/h5-12,16H,3-4,13-14H2,1-2H3,(H,22,25)/t16-/m0/s1. The van der Waals surface area contributed by atoms with E-state index < -0.39 is 0 Å². The van der Waals surface area contributed by atoms with Crippen LogP contribution in [0.1, 0.15) is 25.8 Å². The summed E-state index contributed by atoms with van der Waals surface area (Å²) in [5.41, 5.74) is 2.75. The molecule has 1 saturated heterocycles. The zero-order valence-electron chi connectivity index (χ0n) is 15.2. The Morgan fingerprint density at radius 2 is 1.96 bits per heavy atom. The van der Waals surface area contributed by atoms with Crippen molar-refractivity contribution in [3.63, 3.8) is 0 Å². The number of carbonyl (C=O) groups is 2. The van der Waals surface area contributed by atoms with Crippen LogP contribution in [0.2, 0.25) is 0 Å². The monoisotopic (exact) mass is 352 g/mol. The Balaban J connectivity index is 1.64. The van der Waals surface area contributed by atoms with E-state index in [-0.39, 0.29) is 24.2 Å². The molecule has 0 bridgehead atoms. The van der Waals surface area contributed by atoms with Crippen molar-refractivity contribution in [3.05, 3.63) is 54.1 Å². The second-order valence-electron chi connectivity index (χ2n) is 6.38. The molecule has 0 aromatic heterocycles. The van der Waals surface area contributed by atoms with Crippen LogP contribution in [0.5, 0.6) is 5.75 Å². The van der Waals surface area contributed by atoms with E-state index in [4.69, 9.17) is 4.74 Å². The van der Waals surface area contributed by atoms with Crippen LogP contribution in [0.15, 0.2) is 48.5 Å². The third-order valence-corrected chi connectivity index (χ3v) is 4.56. The number of hydrogen-bond donors (Lipinski definition) is 1. The highest BCUT2D eigenvalue weighted by Crippen LogP contribution is 2.27. The Bertz CT molecular complexity index is 786. The van der Waals surface area contributed by atoms with Crippen LogP contribution in [0.4, 0.5) is 11.4 Å². The highest BCUT2D eigenvalue weighted by atomic mass is 16.5. The van der Waals surface area contributed by atoms with Crippen LogP contribution in [0.3, 0.4) is 0 Å². The molecule has 1 N–H and O–H groups in total. The summed E-state index contributed by atoms with van der Waals surface area (Å²) in [6, 6.07) is 15.2. The van der Waals surface area contributed by atoms with Crippen LogP contribution in [0.25, 0.3) is 0 Å². The van der Waals surface area contributed by atoms with E-state index in [1.807, 2.05) is 55.5 Å². The summed E-state index contributed by atoms with van der Waals surface area (Å²) in [4.78, 5) is 26.6. The minimum absolute atomic E-state index is 0.00917. The summed E-state index contributed by atoms with van der Waals surface area (Å²) in [5, 5.41) is 2.89. The molecule has 5 heteroatoms. The Morgan fingerprint density at radius 1 is 1.19 bits per heavy atom. The van der Waals surface area contributed by atoms with E-state index in [9.17, 15) is 9.59 Å². The molecule has 26 heavy (non-hydrogen) atoms. The van der Waals surface area contributed by atoms with Gasteiger partial charge in [0.25, 0.3) is 0 Å². The number of carbonyl (C=O) groups excluding carboxylic acids is 2. The predicted molar refractivity (Wildman–Crippen MR) is 103 cm³/mol. The summed E-state index contributed by atoms with van der Waals surface area (Å²) >= 11 is 0. The zero-order chi connectivity index (χ0) is 18.5. The fourth-order valence-corrected chi connectivity index (χ4v) is 3.12. The lowest BCUT2D eigenvalue weighted by Crippen LogP contribution is -2.28. The van der Waals surface area contributed by atoms with Crippen molar-refractivity contribution in [2.24, 2.45) is 5.92 Å². The lowest BCUT2D eigenvalue weighted by Gasteiger charge is -2.17. The average molecular weight is 352 g/mol. The van der Waals surface area contributed by atoms with Crippen LogP contribution in [-0.4, -0.2) is 25.0 Å². The lowest BCUT2D eigenvalue weighted by molar-refractivity contribution is -0.122. The third-order valence-electron chi connectivity index (χ3n) is 4.56. The molecule has 1 atom stereocenters. The van der Waals surface area contributed by atoms with E-state index in [0.29, 0.717) is 18.8 Å². The van der Waals surface area contributed by atoms with E-state index in [1.165, 1.54) is 5.56 Å². The van der Waals surface area contributed by atoms with Gasteiger partial charge in [0.2, 0.25) is 11.8 Å². The van der Waals surface area contributed by atoms with Crippen molar-refractivity contribution < 1.29 is 14.3 Å². The topological polar surface area (TPSA) is 58.6 Å². The molecular weight excluding hydrogens is 328 g/mol. The van der Waals surface area contributed by atoms with Gasteiger partial charge in [0, 0.05) is 24.3 Å². The maximum atomic E-state index is 12.5. The van der Waals surface area contributed by atoms with Gasteiger partial charge in [-0.15, -0.1) is 0 Å². The molecule has 2 amide bonds. The summed E-state index contributed by atoms with van der Waals surface area (Å²) in [6.45, 7) is 5.02. The van der Waals surface area contributed by atoms with Gasteiger partial charge < -0.3 is 15.0 Å². The molecular formula is C21H24N2O3. The Morgan fingerprint density at radius 3 is 2.65 bits per heavy atom. The van der Waals surface area contributed by atoms with Gasteiger partial charge in [-0.3, -0.25) is 9.59 Å². The largest absolute Gasteiger partial charge is 0.494 e. The quantitative estimate of drug-likeness (QED) is 0.863. The van der Waals surface area contributed by atoms with Crippen molar-refractivity contribution in [2.45, 2.75) is 26.7 Å². The maximum Gasteiger partial charge on any atom is 0.229 e. The molecule has 3 rings (SSSR count). The molecule has 0 spiro atoms. The summed E-state index contributed by atoms with van der Waals surface area (Å²) in [5.74, 6) is 0.282. The van der Waals surface area contributed by atoms with Gasteiger partial charge in [0.15, 0.2) is 0 Å². The minimum Gasteiger partial charge on any atom is -0.494 e. The van der Waals surface area contributed by atoms with Crippen molar-refractivity contribution in [2.75, 3.05) is 23.4 Å². The molecule has 1 fully saturated rings. The van der Waals surface area contributed by atoms with Crippen LogP contribution in [0, 0.1) is 5.92 Å². The number of hydrogen-bond acceptors (Lipinski definition) is 3. The summed E-state index contributed by atoms with van der Waals surface area (Å²) < 4.78 is 5.40. The number of amides is 2. The molecule has 136 valence electrons. The molecule has 1 heterocycles. The van der Waals surface area contributed by atoms with Gasteiger partial charge in [0.1, 0.15) is 5.75 Å². The summed E-state index contributed by atoms with van der Waals surface area (Å²) in [7, 11) is 0. The Hall–Kier alpha value is -2.82. The summed E-state index contributed by atoms with van der Waals surface area (Å²) in [6.07, 6.45) is 1.15. The average Bonchev–Trinajstić information content (AvgIpc) is 3.05. The van der Waals surface area contributed by atoms with Crippen molar-refractivity contribution >= 4 is 23.2 Å². The van der Waals surface area contributed by atoms with E-state index in [2.05, 4.69) is 12.2 Å². The number of aryl methyl sites for hydroxylation is 1. The van der Waals surface area contributed by atoms with Crippen LogP contribution >= 0.6 is 0 Å². The minimum atomic E-state index is -0.348. The predicted octanol–water partition coefficient (Wildman–Crippen LogP) is 3.64. The van der Waals surface area contributed by atoms with E-state index in [0.717, 1.165) is 17.9 Å². The second-order valence-corrected chi connectivity index (χ2v) is 6.38. The smallest absolute Gasteiger partial charge is 0.229 e. The first kappa shape index (κ1) is 18.0. The normalized spacial score (nSPS) is 16.6. The fraction of sp³-hybridized carbons (Fsp3) is 0.333. The van der Waals surface area contributed by atoms with Gasteiger partial charge in [-0.25, -0.2) is 0 Å². The van der Waals surface area contributed by atoms with Crippen molar-refractivity contribution in [1.29, 1.82) is 0 Å². The van der Waals surface area contributed by atoms with Crippen molar-refractivity contribution in [1.82, 2.24) is 0 Å². The molecule has 5 nitrogen and oxygen atoms in total. The molecule has 0 radical (unpaired) electrons. The number of anilines is 2. The number of nitrogens with one attached hydrogen (secondary N) is 1. The van der Waals surface area contributed by atoms with Gasteiger partial charge >= 0.3 is 0 Å². The first-order valence-electron chi connectivity index (χ1n) is 9.03. The van der Waals surface area contributed by atoms with Gasteiger partial charge in [-0.1, -0.05) is 19.1 Å². The van der Waals surface area contributed by atoms with Gasteiger partial charge in [-0.2, -0.15) is 0 Å². The van der Waals surface area contributed by atoms with Crippen molar-refractivity contribution in [3.8, 4) is 5.75 Å². The number of ether oxygens (including phenoxy) is 1. The Labute approximate surface area is 154 Å². The zero-order valence-corrected chi connectivity index (χ0v) is 15.2. The third kappa shape index (κ3) is 4.04. The number of nitrogens with zero attached hydrogens (tertiary/aromatic N) is 1. The molecule has 1 aliphatic heterocycles. The first-order valence-corrected chi connectivity index (χ1v) is 9.03. The number of benzene rings is 2. The second kappa shape index (κ2) is 8.04. The molecule has 2 aromatic rings. The molecule has 1 aliphatic rings. The van der Waals surface area contributed by atoms with E-state index >= 15 is 0 Å². The lowest BCUT2D eigenvalue weighted by atomic mass is 10.1. The maximum absolute atomic E-state index is 12.5. The van der Waals surface area contributed by atoms with Crippen LogP contribution in [-0.2, 0) is 16.0 Å². The first-order chi connectivity index (χ1) is 12.6. The Kier molecular flexibility index (Phi) is 5.56. The molecule has 2 aromatic carbocycles. The fourth-order valence-electron chi connectivity index (χ4n) is 3.12. The highest BCUT2D eigenvalue weighted by Gasteiger charge is 2.35. The van der Waals surface area contributed by atoms with Crippen LogP contribution < -0.4 is 15.0 Å². The molecule has 0 unspecified atom stereocenters. The van der Waals surface area contributed by atoms with Gasteiger partial charge in [0.05, 0.1) is 12.5 Å². The molecule has 0 saturated carbocycles. The van der Waals surface area contributed by atoms with E-state index in [1.54, 1.807) is 4.90 Å². The SMILES string of the molecule is CCOc1ccc(NC(=O)[C@H]2CC(=O)N(c3cccc(CC)c3)C2)cc1. The number of rotatable bonds is 6. The molecule has 0 aliphatic carbocycles. The van der Waals surface area contributed by atoms with Gasteiger partial charge in [-0.05, 0) is 55.3 Å².